The second-order valence-corrected chi connectivity index (χ2v) is 5.13. The highest BCUT2D eigenvalue weighted by Gasteiger charge is 2.31. The Bertz CT molecular complexity index is 248. The van der Waals surface area contributed by atoms with Crippen molar-refractivity contribution in [3.63, 3.8) is 0 Å². The highest BCUT2D eigenvalue weighted by Crippen LogP contribution is 2.27. The molecular formula is C13H24N2O2. The van der Waals surface area contributed by atoms with Crippen molar-refractivity contribution < 1.29 is 9.53 Å². The topological polar surface area (TPSA) is 55.6 Å². The van der Waals surface area contributed by atoms with Gasteiger partial charge in [-0.3, -0.25) is 4.79 Å². The Hall–Kier alpha value is -0.610. The minimum Gasteiger partial charge on any atom is -0.378 e. The van der Waals surface area contributed by atoms with Crippen LogP contribution in [0, 0.1) is 0 Å². The first-order chi connectivity index (χ1) is 8.31. The number of nitrogens with zero attached hydrogens (tertiary/aromatic N) is 1. The van der Waals surface area contributed by atoms with E-state index in [4.69, 9.17) is 10.5 Å². The van der Waals surface area contributed by atoms with E-state index in [1.54, 1.807) is 0 Å². The Morgan fingerprint density at radius 1 is 1.29 bits per heavy atom. The highest BCUT2D eigenvalue weighted by molar-refractivity contribution is 5.76. The molecule has 2 fully saturated rings. The Kier molecular flexibility index (Phi) is 4.80. The van der Waals surface area contributed by atoms with E-state index in [2.05, 4.69) is 0 Å². The van der Waals surface area contributed by atoms with Crippen molar-refractivity contribution in [2.24, 2.45) is 5.73 Å². The van der Waals surface area contributed by atoms with Crippen molar-refractivity contribution in [3.8, 4) is 0 Å². The van der Waals surface area contributed by atoms with Crippen LogP contribution in [0.1, 0.15) is 44.9 Å². The summed E-state index contributed by atoms with van der Waals surface area (Å²) in [6.07, 6.45) is 7.67. The van der Waals surface area contributed by atoms with Crippen molar-refractivity contribution in [1.82, 2.24) is 4.90 Å². The molecule has 4 heteroatoms. The van der Waals surface area contributed by atoms with E-state index in [9.17, 15) is 4.79 Å². The van der Waals surface area contributed by atoms with Crippen LogP contribution >= 0.6 is 0 Å². The molecule has 1 atom stereocenters. The number of nitrogens with two attached hydrogens (primary N) is 1. The van der Waals surface area contributed by atoms with Crippen LogP contribution in [0.4, 0.5) is 0 Å². The first kappa shape index (κ1) is 12.8. The third kappa shape index (κ3) is 3.96. The van der Waals surface area contributed by atoms with Gasteiger partial charge in [-0.1, -0.05) is 0 Å². The van der Waals surface area contributed by atoms with E-state index in [-0.39, 0.29) is 5.91 Å². The van der Waals surface area contributed by atoms with E-state index in [0.717, 1.165) is 38.8 Å². The zero-order chi connectivity index (χ0) is 12.1. The lowest BCUT2D eigenvalue weighted by Gasteiger charge is -2.25. The second kappa shape index (κ2) is 6.36. The average Bonchev–Trinajstić information content (AvgIpc) is 3.18. The molecule has 4 nitrogen and oxygen atoms in total. The fourth-order valence-electron chi connectivity index (χ4n) is 2.50. The van der Waals surface area contributed by atoms with Gasteiger partial charge in [-0.25, -0.2) is 0 Å². The molecule has 1 saturated carbocycles. The summed E-state index contributed by atoms with van der Waals surface area (Å²) < 4.78 is 5.65. The van der Waals surface area contributed by atoms with Gasteiger partial charge in [0.1, 0.15) is 0 Å². The zero-order valence-corrected chi connectivity index (χ0v) is 10.6. The van der Waals surface area contributed by atoms with Crippen LogP contribution in [0.3, 0.4) is 0 Å². The van der Waals surface area contributed by atoms with Gasteiger partial charge in [-0.15, -0.1) is 0 Å². The van der Waals surface area contributed by atoms with Gasteiger partial charge in [-0.05, 0) is 38.5 Å². The van der Waals surface area contributed by atoms with Crippen LogP contribution < -0.4 is 5.73 Å². The van der Waals surface area contributed by atoms with E-state index in [1.807, 2.05) is 4.90 Å². The van der Waals surface area contributed by atoms with Crippen molar-refractivity contribution >= 4 is 5.91 Å². The van der Waals surface area contributed by atoms with Crippen LogP contribution in [-0.4, -0.2) is 42.6 Å². The Morgan fingerprint density at radius 3 is 2.71 bits per heavy atom. The van der Waals surface area contributed by atoms with E-state index < -0.39 is 0 Å². The van der Waals surface area contributed by atoms with Gasteiger partial charge in [0.05, 0.1) is 6.10 Å². The largest absolute Gasteiger partial charge is 0.378 e. The van der Waals surface area contributed by atoms with Crippen LogP contribution in [0.25, 0.3) is 0 Å². The molecular weight excluding hydrogens is 216 g/mol. The Balaban J connectivity index is 1.70. The molecule has 2 N–H and O–H groups in total. The third-order valence-electron chi connectivity index (χ3n) is 3.63. The molecule has 98 valence electrons. The quantitative estimate of drug-likeness (QED) is 0.761. The lowest BCUT2D eigenvalue weighted by Crippen LogP contribution is -2.37. The van der Waals surface area contributed by atoms with Crippen molar-refractivity contribution in [2.45, 2.75) is 57.1 Å². The maximum Gasteiger partial charge on any atom is 0.222 e. The monoisotopic (exact) mass is 240 g/mol. The summed E-state index contributed by atoms with van der Waals surface area (Å²) in [6.45, 7) is 2.16. The Labute approximate surface area is 103 Å². The molecule has 2 rings (SSSR count). The van der Waals surface area contributed by atoms with Crippen LogP contribution in [0.15, 0.2) is 0 Å². The number of carbonyl (C=O) groups is 1. The summed E-state index contributed by atoms with van der Waals surface area (Å²) in [5, 5.41) is 0. The van der Waals surface area contributed by atoms with Crippen molar-refractivity contribution in [3.05, 3.63) is 0 Å². The molecule has 1 aliphatic heterocycles. The molecule has 0 aromatic carbocycles. The van der Waals surface area contributed by atoms with Gasteiger partial charge in [0.2, 0.25) is 5.91 Å². The molecule has 1 aliphatic carbocycles. The molecule has 0 aromatic heterocycles. The molecule has 0 spiro atoms. The fraction of sp³-hybridized carbons (Fsp3) is 0.923. The normalized spacial score (nSPS) is 24.6. The number of hydrogen-bond acceptors (Lipinski definition) is 3. The lowest BCUT2D eigenvalue weighted by atomic mass is 10.0. The van der Waals surface area contributed by atoms with Crippen molar-refractivity contribution in [1.29, 1.82) is 0 Å². The fourth-order valence-corrected chi connectivity index (χ4v) is 2.50. The average molecular weight is 240 g/mol. The number of amides is 1. The molecule has 0 bridgehead atoms. The lowest BCUT2D eigenvalue weighted by molar-refractivity contribution is -0.132. The van der Waals surface area contributed by atoms with Crippen LogP contribution in [0.5, 0.6) is 0 Å². The van der Waals surface area contributed by atoms with E-state index in [0.29, 0.717) is 25.1 Å². The standard InChI is InChI=1S/C13H24N2O2/c14-8-9-15(11-4-5-11)13(16)7-6-12-3-1-2-10-17-12/h11-12H,1-10,14H2. The number of rotatable bonds is 6. The maximum absolute atomic E-state index is 12.1. The molecule has 2 aliphatic rings. The van der Waals surface area contributed by atoms with E-state index in [1.165, 1.54) is 12.8 Å². The number of hydrogen-bond donors (Lipinski definition) is 1. The second-order valence-electron chi connectivity index (χ2n) is 5.13. The minimum atomic E-state index is 0.270. The van der Waals surface area contributed by atoms with Gasteiger partial charge in [0.25, 0.3) is 0 Å². The van der Waals surface area contributed by atoms with Crippen LogP contribution in [0.2, 0.25) is 0 Å². The smallest absolute Gasteiger partial charge is 0.222 e. The molecule has 1 heterocycles. The summed E-state index contributed by atoms with van der Waals surface area (Å²) in [7, 11) is 0. The van der Waals surface area contributed by atoms with E-state index >= 15 is 0 Å². The van der Waals surface area contributed by atoms with Gasteiger partial charge in [-0.2, -0.15) is 0 Å². The molecule has 1 saturated heterocycles. The first-order valence-corrected chi connectivity index (χ1v) is 6.92. The maximum atomic E-state index is 12.1. The summed E-state index contributed by atoms with van der Waals surface area (Å²) in [4.78, 5) is 14.0. The number of ether oxygens (including phenoxy) is 1. The molecule has 1 amide bonds. The molecule has 0 aromatic rings. The van der Waals surface area contributed by atoms with Crippen molar-refractivity contribution in [2.75, 3.05) is 19.7 Å². The number of carbonyl (C=O) groups excluding carboxylic acids is 1. The molecule has 1 unspecified atom stereocenters. The highest BCUT2D eigenvalue weighted by atomic mass is 16.5. The summed E-state index contributed by atoms with van der Waals surface area (Å²) in [5.74, 6) is 0.270. The summed E-state index contributed by atoms with van der Waals surface area (Å²) >= 11 is 0. The zero-order valence-electron chi connectivity index (χ0n) is 10.6. The van der Waals surface area contributed by atoms with Gasteiger partial charge in [0.15, 0.2) is 0 Å². The van der Waals surface area contributed by atoms with Crippen LogP contribution in [-0.2, 0) is 9.53 Å². The first-order valence-electron chi connectivity index (χ1n) is 6.92. The molecule has 0 radical (unpaired) electrons. The summed E-state index contributed by atoms with van der Waals surface area (Å²) in [5.41, 5.74) is 5.55. The third-order valence-corrected chi connectivity index (χ3v) is 3.63. The predicted octanol–water partition coefficient (Wildman–Crippen LogP) is 1.29. The SMILES string of the molecule is NCCN(C(=O)CCC1CCCCO1)C1CC1. The van der Waals surface area contributed by atoms with Gasteiger partial charge in [0, 0.05) is 32.2 Å². The minimum absolute atomic E-state index is 0.270. The Morgan fingerprint density at radius 2 is 2.12 bits per heavy atom. The van der Waals surface area contributed by atoms with Gasteiger partial charge >= 0.3 is 0 Å². The predicted molar refractivity (Wildman–Crippen MR) is 66.6 cm³/mol. The van der Waals surface area contributed by atoms with Gasteiger partial charge < -0.3 is 15.4 Å². The molecule has 17 heavy (non-hydrogen) atoms. The summed E-state index contributed by atoms with van der Waals surface area (Å²) in [6, 6.07) is 0.485.